The molecule has 2 fully saturated rings. The van der Waals surface area contributed by atoms with Crippen molar-refractivity contribution < 1.29 is 14.3 Å². The van der Waals surface area contributed by atoms with E-state index in [0.717, 1.165) is 55.0 Å². The highest BCUT2D eigenvalue weighted by molar-refractivity contribution is 5.94. The fourth-order valence-electron chi connectivity index (χ4n) is 6.85. The third-order valence-corrected chi connectivity index (χ3v) is 9.25. The van der Waals surface area contributed by atoms with Gasteiger partial charge in [-0.1, -0.05) is 66.7 Å². The predicted octanol–water partition coefficient (Wildman–Crippen LogP) is 5.06. The van der Waals surface area contributed by atoms with Crippen LogP contribution in [-0.2, 0) is 24.3 Å². The van der Waals surface area contributed by atoms with E-state index >= 15 is 0 Å². The maximum atomic E-state index is 13.2. The molecule has 4 aromatic rings. The summed E-state index contributed by atoms with van der Waals surface area (Å²) in [6.07, 6.45) is 2.80. The molecule has 0 spiro atoms. The number of nitriles is 1. The standard InChI is InChI=1S/C36H39N7O3/c37-17-15-29-22-42(20-21-43(29)36(44)46-24-26-8-2-1-3-9-26)34-31-16-19-41(33-14-6-11-27-10-4-5-13-30(27)33)23-32(31)39-35(40-34)45-25-28-12-7-18-38-28/h1-6,8-11,13-14,28-29,38H,7,12,15-16,18-25H2/t28-,29?/m0/s1. The summed E-state index contributed by atoms with van der Waals surface area (Å²) in [7, 11) is 0. The van der Waals surface area contributed by atoms with Gasteiger partial charge in [0.05, 0.1) is 30.8 Å². The van der Waals surface area contributed by atoms with E-state index < -0.39 is 6.09 Å². The minimum absolute atomic E-state index is 0.197. The lowest BCUT2D eigenvalue weighted by Gasteiger charge is -2.42. The van der Waals surface area contributed by atoms with Crippen LogP contribution >= 0.6 is 0 Å². The number of hydrogen-bond donors (Lipinski definition) is 1. The Balaban J connectivity index is 1.14. The van der Waals surface area contributed by atoms with E-state index in [1.54, 1.807) is 4.90 Å². The average Bonchev–Trinajstić information content (AvgIpc) is 3.63. The highest BCUT2D eigenvalue weighted by Crippen LogP contribution is 2.35. The van der Waals surface area contributed by atoms with Gasteiger partial charge < -0.3 is 29.5 Å². The Bertz CT molecular complexity index is 1720. The number of nitrogens with one attached hydrogen (secondary N) is 1. The Kier molecular flexibility index (Phi) is 8.83. The Morgan fingerprint density at radius 3 is 2.67 bits per heavy atom. The van der Waals surface area contributed by atoms with Crippen LogP contribution in [0.2, 0.25) is 0 Å². The maximum absolute atomic E-state index is 13.2. The van der Waals surface area contributed by atoms with Gasteiger partial charge in [-0.05, 0) is 42.8 Å². The van der Waals surface area contributed by atoms with Gasteiger partial charge in [-0.15, -0.1) is 0 Å². The molecule has 0 saturated carbocycles. The normalized spacial score (nSPS) is 19.5. The van der Waals surface area contributed by atoms with Crippen LogP contribution in [0, 0.1) is 11.3 Å². The highest BCUT2D eigenvalue weighted by Gasteiger charge is 2.35. The molecule has 46 heavy (non-hydrogen) atoms. The molecule has 3 aliphatic heterocycles. The second kappa shape index (κ2) is 13.6. The monoisotopic (exact) mass is 617 g/mol. The molecule has 236 valence electrons. The van der Waals surface area contributed by atoms with Crippen LogP contribution in [0.5, 0.6) is 6.01 Å². The first-order valence-electron chi connectivity index (χ1n) is 16.2. The van der Waals surface area contributed by atoms with Crippen LogP contribution in [0.25, 0.3) is 10.8 Å². The van der Waals surface area contributed by atoms with Crippen molar-refractivity contribution in [3.63, 3.8) is 0 Å². The second-order valence-corrected chi connectivity index (χ2v) is 12.2. The average molecular weight is 618 g/mol. The van der Waals surface area contributed by atoms with E-state index in [2.05, 4.69) is 63.7 Å². The Labute approximate surface area is 269 Å². The molecule has 1 N–H and O–H groups in total. The molecule has 3 aromatic carbocycles. The van der Waals surface area contributed by atoms with Crippen LogP contribution < -0.4 is 19.9 Å². The number of carbonyl (C=O) groups is 1. The van der Waals surface area contributed by atoms with Crippen molar-refractivity contribution in [1.29, 1.82) is 5.26 Å². The Morgan fingerprint density at radius 1 is 0.978 bits per heavy atom. The molecular weight excluding hydrogens is 578 g/mol. The maximum Gasteiger partial charge on any atom is 0.410 e. The summed E-state index contributed by atoms with van der Waals surface area (Å²) in [5.41, 5.74) is 4.19. The summed E-state index contributed by atoms with van der Waals surface area (Å²) in [4.78, 5) is 29.4. The number of aromatic nitrogens is 2. The van der Waals surface area contributed by atoms with Crippen LogP contribution in [0.3, 0.4) is 0 Å². The van der Waals surface area contributed by atoms with E-state index in [-0.39, 0.29) is 19.1 Å². The topological polar surface area (TPSA) is 107 Å². The highest BCUT2D eigenvalue weighted by atomic mass is 16.6. The summed E-state index contributed by atoms with van der Waals surface area (Å²) in [5.74, 6) is 0.845. The molecule has 10 nitrogen and oxygen atoms in total. The van der Waals surface area contributed by atoms with Gasteiger partial charge in [-0.25, -0.2) is 4.79 Å². The first-order valence-corrected chi connectivity index (χ1v) is 16.2. The number of rotatable bonds is 8. The molecular formula is C36H39N7O3. The zero-order chi connectivity index (χ0) is 31.3. The molecule has 4 heterocycles. The summed E-state index contributed by atoms with van der Waals surface area (Å²) >= 11 is 0. The zero-order valence-corrected chi connectivity index (χ0v) is 26.0. The third kappa shape index (κ3) is 6.42. The molecule has 1 aromatic heterocycles. The fourth-order valence-corrected chi connectivity index (χ4v) is 6.85. The van der Waals surface area contributed by atoms with Crippen LogP contribution in [-0.4, -0.2) is 72.4 Å². The van der Waals surface area contributed by atoms with Crippen molar-refractivity contribution in [3.8, 4) is 12.1 Å². The van der Waals surface area contributed by atoms with Gasteiger partial charge in [-0.2, -0.15) is 15.2 Å². The zero-order valence-electron chi connectivity index (χ0n) is 26.0. The van der Waals surface area contributed by atoms with Gasteiger partial charge >= 0.3 is 12.1 Å². The summed E-state index contributed by atoms with van der Waals surface area (Å²) in [6, 6.07) is 27.2. The molecule has 7 rings (SSSR count). The number of carbonyl (C=O) groups excluding carboxylic acids is 1. The third-order valence-electron chi connectivity index (χ3n) is 9.25. The van der Waals surface area contributed by atoms with Gasteiger partial charge in [0.2, 0.25) is 0 Å². The number of ether oxygens (including phenoxy) is 2. The summed E-state index contributed by atoms with van der Waals surface area (Å²) < 4.78 is 11.9. The molecule has 2 atom stereocenters. The van der Waals surface area contributed by atoms with Gasteiger partial charge in [0.1, 0.15) is 19.0 Å². The van der Waals surface area contributed by atoms with E-state index in [1.165, 1.54) is 16.5 Å². The number of hydrogen-bond acceptors (Lipinski definition) is 9. The van der Waals surface area contributed by atoms with Crippen molar-refractivity contribution in [2.45, 2.75) is 50.9 Å². The molecule has 2 saturated heterocycles. The number of anilines is 2. The fraction of sp³-hybridized carbons (Fsp3) is 0.389. The predicted molar refractivity (Wildman–Crippen MR) is 177 cm³/mol. The molecule has 1 amide bonds. The Hall–Kier alpha value is -4.88. The van der Waals surface area contributed by atoms with Crippen LogP contribution in [0.1, 0.15) is 36.1 Å². The Morgan fingerprint density at radius 2 is 1.83 bits per heavy atom. The minimum Gasteiger partial charge on any atom is -0.462 e. The molecule has 0 aliphatic carbocycles. The molecule has 0 radical (unpaired) electrons. The quantitative estimate of drug-likeness (QED) is 0.290. The number of piperazine rings is 1. The lowest BCUT2D eigenvalue weighted by atomic mass is 10.0. The smallest absolute Gasteiger partial charge is 0.410 e. The number of fused-ring (bicyclic) bond motifs is 2. The van der Waals surface area contributed by atoms with E-state index in [4.69, 9.17) is 19.4 Å². The lowest BCUT2D eigenvalue weighted by Crippen LogP contribution is -2.55. The van der Waals surface area contributed by atoms with Gasteiger partial charge in [-0.3, -0.25) is 0 Å². The van der Waals surface area contributed by atoms with E-state index in [1.807, 2.05) is 30.3 Å². The summed E-state index contributed by atoms with van der Waals surface area (Å²) in [6.45, 7) is 4.68. The van der Waals surface area contributed by atoms with Crippen LogP contribution in [0.4, 0.5) is 16.3 Å². The van der Waals surface area contributed by atoms with Crippen molar-refractivity contribution in [1.82, 2.24) is 20.2 Å². The van der Waals surface area contributed by atoms with Gasteiger partial charge in [0, 0.05) is 48.9 Å². The summed E-state index contributed by atoms with van der Waals surface area (Å²) in [5, 5.41) is 15.6. The number of amides is 1. The molecule has 10 heteroatoms. The van der Waals surface area contributed by atoms with E-state index in [9.17, 15) is 10.1 Å². The minimum atomic E-state index is -0.396. The van der Waals surface area contributed by atoms with Crippen molar-refractivity contribution in [3.05, 3.63) is 89.6 Å². The van der Waals surface area contributed by atoms with Crippen molar-refractivity contribution in [2.24, 2.45) is 0 Å². The van der Waals surface area contributed by atoms with Gasteiger partial charge in [0.25, 0.3) is 0 Å². The first-order chi connectivity index (χ1) is 22.7. The largest absolute Gasteiger partial charge is 0.462 e. The van der Waals surface area contributed by atoms with Crippen LogP contribution in [0.15, 0.2) is 72.8 Å². The number of benzene rings is 3. The SMILES string of the molecule is N#CCC1CN(c2nc(OC[C@@H]3CCCN3)nc3c2CCN(c2cccc4ccccc24)C3)CCN1C(=O)OCc1ccccc1. The van der Waals surface area contributed by atoms with E-state index in [0.29, 0.717) is 44.8 Å². The molecule has 0 bridgehead atoms. The number of nitrogens with zero attached hydrogens (tertiary/aromatic N) is 6. The van der Waals surface area contributed by atoms with Crippen molar-refractivity contribution in [2.75, 3.05) is 49.1 Å². The van der Waals surface area contributed by atoms with Gasteiger partial charge in [0.15, 0.2) is 0 Å². The first kappa shape index (κ1) is 29.8. The molecule has 3 aliphatic rings. The molecule has 1 unspecified atom stereocenters. The second-order valence-electron chi connectivity index (χ2n) is 12.2. The van der Waals surface area contributed by atoms with Crippen molar-refractivity contribution >= 4 is 28.4 Å². The lowest BCUT2D eigenvalue weighted by molar-refractivity contribution is 0.0767.